The molecule has 0 atom stereocenters. The third-order valence-electron chi connectivity index (χ3n) is 1.89. The Hall–Kier alpha value is -0.390. The zero-order chi connectivity index (χ0) is 10.8. The monoisotopic (exact) mass is 305 g/mol. The van der Waals surface area contributed by atoms with Crippen LogP contribution < -0.4 is 5.32 Å². The van der Waals surface area contributed by atoms with Gasteiger partial charge in [-0.15, -0.1) is 11.3 Å². The summed E-state index contributed by atoms with van der Waals surface area (Å²) in [7, 11) is 0. The van der Waals surface area contributed by atoms with Crippen molar-refractivity contribution in [2.45, 2.75) is 13.3 Å². The molecule has 15 heavy (non-hydrogen) atoms. The number of nitrogens with one attached hydrogen (secondary N) is 1. The molecule has 2 aromatic heterocycles. The van der Waals surface area contributed by atoms with Crippen LogP contribution in [0.15, 0.2) is 9.85 Å². The summed E-state index contributed by atoms with van der Waals surface area (Å²) in [5, 5.41) is 5.52. The van der Waals surface area contributed by atoms with Gasteiger partial charge in [-0.05, 0) is 34.0 Å². The Morgan fingerprint density at radius 1 is 1.53 bits per heavy atom. The molecule has 2 heterocycles. The quantitative estimate of drug-likeness (QED) is 0.873. The Morgan fingerprint density at radius 3 is 3.07 bits per heavy atom. The van der Waals surface area contributed by atoms with Crippen molar-refractivity contribution in [1.82, 2.24) is 9.97 Å². The summed E-state index contributed by atoms with van der Waals surface area (Å²) in [4.78, 5) is 8.37. The molecule has 0 aromatic carbocycles. The number of halogens is 2. The van der Waals surface area contributed by atoms with E-state index in [9.17, 15) is 0 Å². The van der Waals surface area contributed by atoms with Crippen molar-refractivity contribution in [3.05, 3.63) is 15.1 Å². The number of thiophene rings is 1. The third kappa shape index (κ3) is 2.24. The molecule has 0 saturated heterocycles. The van der Waals surface area contributed by atoms with E-state index >= 15 is 0 Å². The minimum atomic E-state index is 0.278. The first-order valence-electron chi connectivity index (χ1n) is 4.56. The molecule has 80 valence electrons. The fourth-order valence-electron chi connectivity index (χ4n) is 1.23. The van der Waals surface area contributed by atoms with Gasteiger partial charge in [0.15, 0.2) is 0 Å². The van der Waals surface area contributed by atoms with E-state index in [0.717, 1.165) is 33.5 Å². The summed E-state index contributed by atoms with van der Waals surface area (Å²) >= 11 is 10.9. The second kappa shape index (κ2) is 4.63. The van der Waals surface area contributed by atoms with Crippen LogP contribution in [-0.4, -0.2) is 16.5 Å². The standard InChI is InChI=1S/C9H9BrClN3S/c1-2-3-12-8-7-6(5(10)4-15-7)13-9(11)14-8/h4H,2-3H2,1H3,(H,12,13,14). The van der Waals surface area contributed by atoms with E-state index in [1.807, 2.05) is 5.38 Å². The molecular weight excluding hydrogens is 298 g/mol. The predicted molar refractivity (Wildman–Crippen MR) is 68.9 cm³/mol. The SMILES string of the molecule is CCCNc1nc(Cl)nc2c(Br)csc12. The molecule has 3 nitrogen and oxygen atoms in total. The minimum Gasteiger partial charge on any atom is -0.369 e. The van der Waals surface area contributed by atoms with Crippen molar-refractivity contribution in [2.24, 2.45) is 0 Å². The average Bonchev–Trinajstić information content (AvgIpc) is 2.57. The maximum Gasteiger partial charge on any atom is 0.225 e. The van der Waals surface area contributed by atoms with Crippen LogP contribution in [0.25, 0.3) is 10.2 Å². The van der Waals surface area contributed by atoms with Crippen LogP contribution in [0.1, 0.15) is 13.3 Å². The van der Waals surface area contributed by atoms with Gasteiger partial charge in [0.05, 0.1) is 9.17 Å². The molecule has 0 aliphatic heterocycles. The van der Waals surface area contributed by atoms with Gasteiger partial charge in [-0.2, -0.15) is 4.98 Å². The second-order valence-corrected chi connectivity index (χ2v) is 5.10. The van der Waals surface area contributed by atoms with Gasteiger partial charge in [-0.25, -0.2) is 4.98 Å². The van der Waals surface area contributed by atoms with Gasteiger partial charge in [0, 0.05) is 11.9 Å². The molecule has 0 bridgehead atoms. The first-order chi connectivity index (χ1) is 7.22. The number of nitrogens with zero attached hydrogens (tertiary/aromatic N) is 2. The molecule has 1 N–H and O–H groups in total. The maximum absolute atomic E-state index is 5.85. The molecule has 0 radical (unpaired) electrons. The maximum atomic E-state index is 5.85. The fraction of sp³-hybridized carbons (Fsp3) is 0.333. The van der Waals surface area contributed by atoms with E-state index in [-0.39, 0.29) is 5.28 Å². The van der Waals surface area contributed by atoms with Crippen LogP contribution in [0.4, 0.5) is 5.82 Å². The van der Waals surface area contributed by atoms with Crippen molar-refractivity contribution < 1.29 is 0 Å². The fourth-order valence-corrected chi connectivity index (χ4v) is 2.92. The summed E-state index contributed by atoms with van der Waals surface area (Å²) in [6.07, 6.45) is 1.05. The minimum absolute atomic E-state index is 0.278. The highest BCUT2D eigenvalue weighted by atomic mass is 79.9. The van der Waals surface area contributed by atoms with Crippen LogP contribution >= 0.6 is 38.9 Å². The highest BCUT2D eigenvalue weighted by molar-refractivity contribution is 9.10. The number of aromatic nitrogens is 2. The lowest BCUT2D eigenvalue weighted by Gasteiger charge is -2.04. The molecule has 0 saturated carbocycles. The summed E-state index contributed by atoms with van der Waals surface area (Å²) in [5.41, 5.74) is 0.874. The topological polar surface area (TPSA) is 37.8 Å². The average molecular weight is 307 g/mol. The van der Waals surface area contributed by atoms with Crippen molar-refractivity contribution in [1.29, 1.82) is 0 Å². The van der Waals surface area contributed by atoms with E-state index in [0.29, 0.717) is 0 Å². The Bertz CT molecular complexity index is 485. The van der Waals surface area contributed by atoms with Crippen LogP contribution in [0.3, 0.4) is 0 Å². The van der Waals surface area contributed by atoms with Gasteiger partial charge in [0.1, 0.15) is 11.3 Å². The summed E-state index contributed by atoms with van der Waals surface area (Å²) < 4.78 is 2.01. The van der Waals surface area contributed by atoms with Crippen molar-refractivity contribution in [3.63, 3.8) is 0 Å². The van der Waals surface area contributed by atoms with E-state index in [2.05, 4.69) is 38.1 Å². The Kier molecular flexibility index (Phi) is 3.43. The lowest BCUT2D eigenvalue weighted by atomic mass is 10.4. The van der Waals surface area contributed by atoms with Gasteiger partial charge < -0.3 is 5.32 Å². The van der Waals surface area contributed by atoms with Gasteiger partial charge in [-0.1, -0.05) is 6.92 Å². The summed E-state index contributed by atoms with van der Waals surface area (Å²) in [5.74, 6) is 0.822. The number of anilines is 1. The predicted octanol–water partition coefficient (Wildman–Crippen LogP) is 3.93. The van der Waals surface area contributed by atoms with Gasteiger partial charge >= 0.3 is 0 Å². The highest BCUT2D eigenvalue weighted by Crippen LogP contribution is 2.33. The first-order valence-corrected chi connectivity index (χ1v) is 6.61. The highest BCUT2D eigenvalue weighted by Gasteiger charge is 2.10. The molecule has 0 aliphatic carbocycles. The molecule has 0 fully saturated rings. The molecular formula is C9H9BrClN3S. The number of hydrogen-bond donors (Lipinski definition) is 1. The third-order valence-corrected chi connectivity index (χ3v) is 3.94. The van der Waals surface area contributed by atoms with Crippen LogP contribution in [-0.2, 0) is 0 Å². The Labute approximate surface area is 105 Å². The van der Waals surface area contributed by atoms with Crippen LogP contribution in [0, 0.1) is 0 Å². The largest absolute Gasteiger partial charge is 0.369 e. The van der Waals surface area contributed by atoms with Gasteiger partial charge in [0.25, 0.3) is 0 Å². The van der Waals surface area contributed by atoms with Gasteiger partial charge in [0.2, 0.25) is 5.28 Å². The number of fused-ring (bicyclic) bond motifs is 1. The molecule has 2 aromatic rings. The normalized spacial score (nSPS) is 10.9. The van der Waals surface area contributed by atoms with E-state index in [1.165, 1.54) is 0 Å². The van der Waals surface area contributed by atoms with Crippen molar-refractivity contribution >= 4 is 54.9 Å². The van der Waals surface area contributed by atoms with Gasteiger partial charge in [-0.3, -0.25) is 0 Å². The molecule has 0 spiro atoms. The lowest BCUT2D eigenvalue weighted by Crippen LogP contribution is -2.02. The Morgan fingerprint density at radius 2 is 2.33 bits per heavy atom. The van der Waals surface area contributed by atoms with Crippen LogP contribution in [0.5, 0.6) is 0 Å². The first kappa shape index (κ1) is 11.1. The lowest BCUT2D eigenvalue weighted by molar-refractivity contribution is 0.970. The molecule has 0 aliphatic rings. The van der Waals surface area contributed by atoms with E-state index in [4.69, 9.17) is 11.6 Å². The summed E-state index contributed by atoms with van der Waals surface area (Å²) in [6.45, 7) is 3.00. The van der Waals surface area contributed by atoms with E-state index in [1.54, 1.807) is 11.3 Å². The van der Waals surface area contributed by atoms with E-state index < -0.39 is 0 Å². The second-order valence-electron chi connectivity index (χ2n) is 3.03. The van der Waals surface area contributed by atoms with Crippen LogP contribution in [0.2, 0.25) is 5.28 Å². The Balaban J connectivity index is 2.52. The smallest absolute Gasteiger partial charge is 0.225 e. The zero-order valence-corrected chi connectivity index (χ0v) is 11.2. The zero-order valence-electron chi connectivity index (χ0n) is 8.05. The number of rotatable bonds is 3. The molecule has 6 heteroatoms. The van der Waals surface area contributed by atoms with Crippen molar-refractivity contribution in [3.8, 4) is 0 Å². The molecule has 0 amide bonds. The van der Waals surface area contributed by atoms with Crippen molar-refractivity contribution in [2.75, 3.05) is 11.9 Å². The molecule has 2 rings (SSSR count). The molecule has 0 unspecified atom stereocenters. The summed E-state index contributed by atoms with van der Waals surface area (Å²) in [6, 6.07) is 0. The number of hydrogen-bond acceptors (Lipinski definition) is 4.